The van der Waals surface area contributed by atoms with Crippen LogP contribution in [0.3, 0.4) is 0 Å². The zero-order valence-electron chi connectivity index (χ0n) is 13.5. The Morgan fingerprint density at radius 2 is 1.73 bits per heavy atom. The lowest BCUT2D eigenvalue weighted by Gasteiger charge is -2.08. The van der Waals surface area contributed by atoms with E-state index in [1.165, 1.54) is 5.56 Å². The number of methoxy groups -OCH3 is 1. The van der Waals surface area contributed by atoms with Crippen molar-refractivity contribution < 1.29 is 9.53 Å². The zero-order chi connectivity index (χ0) is 15.9. The van der Waals surface area contributed by atoms with Crippen LogP contribution in [0.15, 0.2) is 42.5 Å². The second-order valence-corrected chi connectivity index (χ2v) is 5.57. The van der Waals surface area contributed by atoms with E-state index in [1.807, 2.05) is 31.2 Å². The van der Waals surface area contributed by atoms with E-state index in [0.717, 1.165) is 28.9 Å². The molecule has 1 N–H and O–H groups in total. The van der Waals surface area contributed by atoms with E-state index in [-0.39, 0.29) is 5.91 Å². The van der Waals surface area contributed by atoms with Gasteiger partial charge in [-0.3, -0.25) is 4.79 Å². The normalized spacial score (nSPS) is 10.3. The molecule has 0 bridgehead atoms. The number of carbonyl (C=O) groups is 1. The summed E-state index contributed by atoms with van der Waals surface area (Å²) in [4.78, 5) is 11.9. The highest BCUT2D eigenvalue weighted by Crippen LogP contribution is 2.19. The number of nitrogens with one attached hydrogen (secondary N) is 1. The topological polar surface area (TPSA) is 38.3 Å². The van der Waals surface area contributed by atoms with Crippen LogP contribution in [0.5, 0.6) is 5.75 Å². The van der Waals surface area contributed by atoms with Gasteiger partial charge in [-0.2, -0.15) is 0 Å². The molecule has 3 nitrogen and oxygen atoms in total. The monoisotopic (exact) mass is 297 g/mol. The summed E-state index contributed by atoms with van der Waals surface area (Å²) in [5.74, 6) is 0.960. The summed E-state index contributed by atoms with van der Waals surface area (Å²) < 4.78 is 5.24. The van der Waals surface area contributed by atoms with Crippen molar-refractivity contribution in [3.05, 3.63) is 64.7 Å². The summed E-state index contributed by atoms with van der Waals surface area (Å²) in [6.07, 6.45) is 1.24. The van der Waals surface area contributed by atoms with Gasteiger partial charge in [0, 0.05) is 13.0 Å². The first-order valence-electron chi connectivity index (χ1n) is 7.54. The molecule has 116 valence electrons. The lowest BCUT2D eigenvalue weighted by atomic mass is 10.1. The Balaban J connectivity index is 1.80. The number of amides is 1. The predicted octanol–water partition coefficient (Wildman–Crippen LogP) is 3.56. The van der Waals surface area contributed by atoms with E-state index >= 15 is 0 Å². The van der Waals surface area contributed by atoms with E-state index in [0.29, 0.717) is 13.0 Å². The van der Waals surface area contributed by atoms with Gasteiger partial charge in [-0.05, 0) is 43.0 Å². The fourth-order valence-electron chi connectivity index (χ4n) is 2.35. The first-order valence-corrected chi connectivity index (χ1v) is 7.54. The molecule has 0 radical (unpaired) electrons. The van der Waals surface area contributed by atoms with Crippen LogP contribution < -0.4 is 10.1 Å². The highest BCUT2D eigenvalue weighted by molar-refractivity contribution is 5.76. The average Bonchev–Trinajstić information content (AvgIpc) is 2.52. The number of carbonyl (C=O) groups excluding carboxylic acids is 1. The van der Waals surface area contributed by atoms with E-state index in [9.17, 15) is 4.79 Å². The molecule has 0 aromatic heterocycles. The van der Waals surface area contributed by atoms with Crippen molar-refractivity contribution in [3.63, 3.8) is 0 Å². The van der Waals surface area contributed by atoms with Crippen LogP contribution in [-0.2, 0) is 17.8 Å². The molecule has 3 heteroatoms. The minimum Gasteiger partial charge on any atom is -0.496 e. The first-order chi connectivity index (χ1) is 10.6. The Bertz CT molecular complexity index is 632. The zero-order valence-corrected chi connectivity index (χ0v) is 13.5. The van der Waals surface area contributed by atoms with Crippen LogP contribution in [0.4, 0.5) is 0 Å². The van der Waals surface area contributed by atoms with Crippen molar-refractivity contribution in [1.82, 2.24) is 5.32 Å². The second-order valence-electron chi connectivity index (χ2n) is 5.57. The molecule has 0 aliphatic carbocycles. The third-order valence-corrected chi connectivity index (χ3v) is 3.71. The lowest BCUT2D eigenvalue weighted by molar-refractivity contribution is -0.121. The number of hydrogen-bond donors (Lipinski definition) is 1. The Morgan fingerprint density at radius 3 is 2.36 bits per heavy atom. The fourth-order valence-corrected chi connectivity index (χ4v) is 2.35. The molecule has 22 heavy (non-hydrogen) atoms. The Morgan fingerprint density at radius 1 is 1.05 bits per heavy atom. The molecule has 2 rings (SSSR count). The van der Waals surface area contributed by atoms with Gasteiger partial charge >= 0.3 is 0 Å². The quantitative estimate of drug-likeness (QED) is 0.885. The molecule has 0 heterocycles. The molecule has 0 atom stereocenters. The second kappa shape index (κ2) is 7.64. The number of benzene rings is 2. The molecule has 1 amide bonds. The molecule has 0 aliphatic rings. The van der Waals surface area contributed by atoms with Crippen LogP contribution in [0, 0.1) is 13.8 Å². The molecule has 0 spiro atoms. The average molecular weight is 297 g/mol. The van der Waals surface area contributed by atoms with Crippen LogP contribution in [0.1, 0.15) is 28.7 Å². The van der Waals surface area contributed by atoms with Crippen molar-refractivity contribution in [2.24, 2.45) is 0 Å². The highest BCUT2D eigenvalue weighted by atomic mass is 16.5. The standard InChI is InChI=1S/C19H23NO2/c1-14-4-6-17(7-5-14)13-20-19(21)11-9-16-8-10-18(22-3)15(2)12-16/h4-8,10,12H,9,11,13H2,1-3H3,(H,20,21). The molecule has 0 saturated heterocycles. The summed E-state index contributed by atoms with van der Waals surface area (Å²) >= 11 is 0. The molecular weight excluding hydrogens is 274 g/mol. The summed E-state index contributed by atoms with van der Waals surface area (Å²) in [7, 11) is 1.67. The Labute approximate surface area is 132 Å². The van der Waals surface area contributed by atoms with E-state index < -0.39 is 0 Å². The van der Waals surface area contributed by atoms with Gasteiger partial charge in [0.25, 0.3) is 0 Å². The third kappa shape index (κ3) is 4.62. The van der Waals surface area contributed by atoms with Crippen molar-refractivity contribution in [2.75, 3.05) is 7.11 Å². The van der Waals surface area contributed by atoms with Crippen molar-refractivity contribution in [1.29, 1.82) is 0 Å². The Hall–Kier alpha value is -2.29. The lowest BCUT2D eigenvalue weighted by Crippen LogP contribution is -2.22. The number of rotatable bonds is 6. The van der Waals surface area contributed by atoms with Gasteiger partial charge < -0.3 is 10.1 Å². The van der Waals surface area contributed by atoms with Crippen LogP contribution in [-0.4, -0.2) is 13.0 Å². The fraction of sp³-hybridized carbons (Fsp3) is 0.316. The molecule has 0 unspecified atom stereocenters. The number of hydrogen-bond acceptors (Lipinski definition) is 2. The molecule has 2 aromatic carbocycles. The SMILES string of the molecule is COc1ccc(CCC(=O)NCc2ccc(C)cc2)cc1C. The number of ether oxygens (including phenoxy) is 1. The van der Waals surface area contributed by atoms with Gasteiger partial charge in [-0.25, -0.2) is 0 Å². The highest BCUT2D eigenvalue weighted by Gasteiger charge is 2.04. The largest absolute Gasteiger partial charge is 0.496 e. The summed E-state index contributed by atoms with van der Waals surface area (Å²) in [6, 6.07) is 14.2. The maximum absolute atomic E-state index is 11.9. The molecule has 0 saturated carbocycles. The van der Waals surface area contributed by atoms with Gasteiger partial charge in [0.15, 0.2) is 0 Å². The molecule has 2 aromatic rings. The van der Waals surface area contributed by atoms with Gasteiger partial charge in [-0.1, -0.05) is 42.0 Å². The van der Waals surface area contributed by atoms with Crippen LogP contribution in [0.25, 0.3) is 0 Å². The van der Waals surface area contributed by atoms with E-state index in [2.05, 4.69) is 30.4 Å². The Kier molecular flexibility index (Phi) is 5.59. The predicted molar refractivity (Wildman–Crippen MR) is 89.1 cm³/mol. The summed E-state index contributed by atoms with van der Waals surface area (Å²) in [5, 5.41) is 2.96. The van der Waals surface area contributed by atoms with Crippen molar-refractivity contribution in [2.45, 2.75) is 33.2 Å². The minimum absolute atomic E-state index is 0.0778. The van der Waals surface area contributed by atoms with E-state index in [4.69, 9.17) is 4.74 Å². The summed E-state index contributed by atoms with van der Waals surface area (Å²) in [5.41, 5.74) is 4.60. The van der Waals surface area contributed by atoms with Gasteiger partial charge in [-0.15, -0.1) is 0 Å². The third-order valence-electron chi connectivity index (χ3n) is 3.71. The molecule has 0 fully saturated rings. The maximum Gasteiger partial charge on any atom is 0.220 e. The molecule has 0 aliphatic heterocycles. The van der Waals surface area contributed by atoms with Crippen molar-refractivity contribution in [3.8, 4) is 5.75 Å². The van der Waals surface area contributed by atoms with Gasteiger partial charge in [0.2, 0.25) is 5.91 Å². The number of aryl methyl sites for hydroxylation is 3. The van der Waals surface area contributed by atoms with Gasteiger partial charge in [0.05, 0.1) is 7.11 Å². The van der Waals surface area contributed by atoms with Crippen LogP contribution >= 0.6 is 0 Å². The first kappa shape index (κ1) is 16.1. The maximum atomic E-state index is 11.9. The summed E-state index contributed by atoms with van der Waals surface area (Å²) in [6.45, 7) is 4.65. The minimum atomic E-state index is 0.0778. The van der Waals surface area contributed by atoms with Crippen LogP contribution in [0.2, 0.25) is 0 Å². The van der Waals surface area contributed by atoms with E-state index in [1.54, 1.807) is 7.11 Å². The molecular formula is C19H23NO2. The van der Waals surface area contributed by atoms with Gasteiger partial charge in [0.1, 0.15) is 5.75 Å². The smallest absolute Gasteiger partial charge is 0.220 e. The van der Waals surface area contributed by atoms with Crippen molar-refractivity contribution >= 4 is 5.91 Å².